The summed E-state index contributed by atoms with van der Waals surface area (Å²) in [4.78, 5) is 12.8. The van der Waals surface area contributed by atoms with Crippen LogP contribution in [0.25, 0.3) is 0 Å². The van der Waals surface area contributed by atoms with E-state index in [-0.39, 0.29) is 28.7 Å². The quantitative estimate of drug-likeness (QED) is 0.901. The molecule has 1 aliphatic carbocycles. The highest BCUT2D eigenvalue weighted by atomic mass is 16.5. The minimum absolute atomic E-state index is 0.0174. The molecule has 2 heterocycles. The van der Waals surface area contributed by atoms with Gasteiger partial charge in [-0.3, -0.25) is 9.48 Å². The Kier molecular flexibility index (Phi) is 3.75. The zero-order valence-electron chi connectivity index (χ0n) is 14.5. The molecule has 1 aromatic rings. The first-order chi connectivity index (χ1) is 11.2. The molecule has 1 atom stereocenters. The second-order valence-electron chi connectivity index (χ2n) is 7.55. The fraction of sp³-hybridized carbons (Fsp3) is 0.500. The summed E-state index contributed by atoms with van der Waals surface area (Å²) in [6, 6.07) is 2.32. The van der Waals surface area contributed by atoms with Gasteiger partial charge in [0.05, 0.1) is 12.1 Å². The maximum Gasteiger partial charge on any atom is 0.205 e. The first kappa shape index (κ1) is 16.3. The van der Waals surface area contributed by atoms with E-state index in [2.05, 4.69) is 11.2 Å². The van der Waals surface area contributed by atoms with E-state index in [1.54, 1.807) is 6.20 Å². The van der Waals surface area contributed by atoms with Crippen LogP contribution in [0.2, 0.25) is 0 Å². The summed E-state index contributed by atoms with van der Waals surface area (Å²) >= 11 is 0. The van der Waals surface area contributed by atoms with Crippen molar-refractivity contribution in [1.82, 2.24) is 9.78 Å². The van der Waals surface area contributed by atoms with Crippen molar-refractivity contribution >= 4 is 5.78 Å². The molecule has 6 nitrogen and oxygen atoms in total. The van der Waals surface area contributed by atoms with E-state index in [1.807, 2.05) is 38.6 Å². The molecule has 126 valence electrons. The highest BCUT2D eigenvalue weighted by Gasteiger charge is 2.43. The first-order valence-corrected chi connectivity index (χ1v) is 8.11. The summed E-state index contributed by atoms with van der Waals surface area (Å²) in [5.74, 6) is 0.206. The van der Waals surface area contributed by atoms with Crippen molar-refractivity contribution in [1.29, 1.82) is 5.26 Å². The Morgan fingerprint density at radius 2 is 2.17 bits per heavy atom. The largest absolute Gasteiger partial charge is 0.444 e. The second kappa shape index (κ2) is 5.52. The Labute approximate surface area is 141 Å². The maximum absolute atomic E-state index is 12.8. The van der Waals surface area contributed by atoms with Gasteiger partial charge in [-0.1, -0.05) is 13.8 Å². The molecule has 1 aliphatic heterocycles. The Morgan fingerprint density at radius 3 is 2.75 bits per heavy atom. The van der Waals surface area contributed by atoms with Crippen molar-refractivity contribution in [3.05, 3.63) is 40.7 Å². The number of rotatable bonds is 2. The lowest BCUT2D eigenvalue weighted by Crippen LogP contribution is -2.33. The number of nitriles is 1. The van der Waals surface area contributed by atoms with Gasteiger partial charge >= 0.3 is 0 Å². The van der Waals surface area contributed by atoms with E-state index < -0.39 is 5.92 Å². The summed E-state index contributed by atoms with van der Waals surface area (Å²) < 4.78 is 7.49. The highest BCUT2D eigenvalue weighted by molar-refractivity contribution is 6.00. The number of Topliss-reactive ketones (excluding diaryl/α,β-unsaturated/α-hetero) is 1. The predicted molar refractivity (Wildman–Crippen MR) is 88.3 cm³/mol. The standard InChI is InChI=1S/C18H22N4O2/c1-10(2)22-9-11(8-21-22)15-12(7-19)17(20)24-14-6-18(3,4)5-13(23)16(14)15/h8-10,15H,5-6,20H2,1-4H3. The van der Waals surface area contributed by atoms with Crippen molar-refractivity contribution in [3.8, 4) is 6.07 Å². The molecular weight excluding hydrogens is 304 g/mol. The molecule has 0 radical (unpaired) electrons. The van der Waals surface area contributed by atoms with Gasteiger partial charge in [0.25, 0.3) is 0 Å². The van der Waals surface area contributed by atoms with Crippen LogP contribution in [0.3, 0.4) is 0 Å². The van der Waals surface area contributed by atoms with Gasteiger partial charge in [0, 0.05) is 36.2 Å². The van der Waals surface area contributed by atoms with Crippen LogP contribution in [0, 0.1) is 16.7 Å². The third-order valence-electron chi connectivity index (χ3n) is 4.56. The van der Waals surface area contributed by atoms with Crippen LogP contribution in [0.15, 0.2) is 35.2 Å². The molecule has 0 amide bonds. The normalized spacial score (nSPS) is 23.2. The summed E-state index contributed by atoms with van der Waals surface area (Å²) in [5, 5.41) is 13.9. The molecule has 0 aromatic carbocycles. The highest BCUT2D eigenvalue weighted by Crippen LogP contribution is 2.47. The molecule has 0 fully saturated rings. The molecule has 0 bridgehead atoms. The third-order valence-corrected chi connectivity index (χ3v) is 4.56. The van der Waals surface area contributed by atoms with Crippen LogP contribution in [0.1, 0.15) is 58.1 Å². The zero-order chi connectivity index (χ0) is 17.6. The number of hydrogen-bond acceptors (Lipinski definition) is 5. The van der Waals surface area contributed by atoms with Crippen molar-refractivity contribution in [2.45, 2.75) is 52.5 Å². The lowest BCUT2D eigenvalue weighted by atomic mass is 9.70. The molecule has 0 spiro atoms. The molecule has 2 aliphatic rings. The average Bonchev–Trinajstić information content (AvgIpc) is 2.94. The van der Waals surface area contributed by atoms with E-state index in [0.29, 0.717) is 24.2 Å². The molecule has 6 heteroatoms. The van der Waals surface area contributed by atoms with Gasteiger partial charge in [-0.25, -0.2) is 0 Å². The number of allylic oxidation sites excluding steroid dienone is 3. The van der Waals surface area contributed by atoms with E-state index in [1.165, 1.54) is 0 Å². The zero-order valence-corrected chi connectivity index (χ0v) is 14.5. The molecule has 1 unspecified atom stereocenters. The number of carbonyl (C=O) groups excluding carboxylic acids is 1. The summed E-state index contributed by atoms with van der Waals surface area (Å²) in [6.45, 7) is 8.11. The minimum atomic E-state index is -0.491. The second-order valence-corrected chi connectivity index (χ2v) is 7.55. The van der Waals surface area contributed by atoms with Crippen LogP contribution < -0.4 is 5.73 Å². The predicted octanol–water partition coefficient (Wildman–Crippen LogP) is 2.91. The van der Waals surface area contributed by atoms with Crippen molar-refractivity contribution in [2.75, 3.05) is 0 Å². The Bertz CT molecular complexity index is 805. The third kappa shape index (κ3) is 2.60. The van der Waals surface area contributed by atoms with Gasteiger partial charge in [0.1, 0.15) is 17.4 Å². The van der Waals surface area contributed by atoms with Gasteiger partial charge in [-0.05, 0) is 19.3 Å². The Balaban J connectivity index is 2.14. The number of hydrogen-bond donors (Lipinski definition) is 1. The first-order valence-electron chi connectivity index (χ1n) is 8.11. The van der Waals surface area contributed by atoms with Gasteiger partial charge in [0.2, 0.25) is 5.88 Å². The summed E-state index contributed by atoms with van der Waals surface area (Å²) in [7, 11) is 0. The van der Waals surface area contributed by atoms with Crippen molar-refractivity contribution in [2.24, 2.45) is 11.1 Å². The number of nitrogens with two attached hydrogens (primary N) is 1. The van der Waals surface area contributed by atoms with Crippen LogP contribution in [0.4, 0.5) is 0 Å². The molecular formula is C18H22N4O2. The molecule has 1 aromatic heterocycles. The number of ketones is 1. The van der Waals surface area contributed by atoms with Gasteiger partial charge in [0.15, 0.2) is 5.78 Å². The molecule has 3 rings (SSSR count). The fourth-order valence-corrected chi connectivity index (χ4v) is 3.40. The van der Waals surface area contributed by atoms with Gasteiger partial charge in [-0.2, -0.15) is 10.4 Å². The lowest BCUT2D eigenvalue weighted by Gasteiger charge is -2.36. The van der Waals surface area contributed by atoms with Gasteiger partial charge < -0.3 is 10.5 Å². The van der Waals surface area contributed by atoms with Crippen LogP contribution in [-0.2, 0) is 9.53 Å². The molecule has 2 N–H and O–H groups in total. The summed E-state index contributed by atoms with van der Waals surface area (Å²) in [5.41, 5.74) is 7.45. The topological polar surface area (TPSA) is 93.9 Å². The maximum atomic E-state index is 12.8. The van der Waals surface area contributed by atoms with E-state index in [0.717, 1.165) is 5.56 Å². The Morgan fingerprint density at radius 1 is 1.46 bits per heavy atom. The van der Waals surface area contributed by atoms with E-state index in [4.69, 9.17) is 10.5 Å². The SMILES string of the molecule is CC(C)n1cc(C2C(C#N)=C(N)OC3=C2C(=O)CC(C)(C)C3)cn1. The van der Waals surface area contributed by atoms with E-state index >= 15 is 0 Å². The average molecular weight is 326 g/mol. The van der Waals surface area contributed by atoms with Crippen LogP contribution >= 0.6 is 0 Å². The van der Waals surface area contributed by atoms with E-state index in [9.17, 15) is 10.1 Å². The van der Waals surface area contributed by atoms with Crippen LogP contribution in [0.5, 0.6) is 0 Å². The Hall–Kier alpha value is -2.55. The fourth-order valence-electron chi connectivity index (χ4n) is 3.40. The monoisotopic (exact) mass is 326 g/mol. The van der Waals surface area contributed by atoms with Crippen molar-refractivity contribution < 1.29 is 9.53 Å². The molecule has 0 saturated heterocycles. The number of nitrogens with zero attached hydrogens (tertiary/aromatic N) is 3. The smallest absolute Gasteiger partial charge is 0.205 e. The molecule has 24 heavy (non-hydrogen) atoms. The van der Waals surface area contributed by atoms with Gasteiger partial charge in [-0.15, -0.1) is 0 Å². The number of carbonyl (C=O) groups is 1. The number of ether oxygens (including phenoxy) is 1. The minimum Gasteiger partial charge on any atom is -0.444 e. The van der Waals surface area contributed by atoms with Crippen molar-refractivity contribution in [3.63, 3.8) is 0 Å². The van der Waals surface area contributed by atoms with Crippen LogP contribution in [-0.4, -0.2) is 15.6 Å². The summed E-state index contributed by atoms with van der Waals surface area (Å²) in [6.07, 6.45) is 4.64. The lowest BCUT2D eigenvalue weighted by molar-refractivity contribution is -0.119. The number of aromatic nitrogens is 2. The molecule has 0 saturated carbocycles.